The van der Waals surface area contributed by atoms with Crippen LogP contribution in [0.5, 0.6) is 5.75 Å². The zero-order valence-electron chi connectivity index (χ0n) is 9.83. The zero-order chi connectivity index (χ0) is 13.2. The number of thiocarbonyl (C=S) groups is 1. The van der Waals surface area contributed by atoms with E-state index in [0.29, 0.717) is 23.6 Å². The highest BCUT2D eigenvalue weighted by atomic mass is 32.2. The molecule has 1 aliphatic heterocycles. The van der Waals surface area contributed by atoms with Crippen molar-refractivity contribution in [2.24, 2.45) is 5.73 Å². The molecule has 0 amide bonds. The molecular formula is C12H15NO3S2. The van der Waals surface area contributed by atoms with E-state index in [0.717, 1.165) is 5.56 Å². The number of benzene rings is 1. The average molecular weight is 285 g/mol. The van der Waals surface area contributed by atoms with Crippen molar-refractivity contribution in [1.29, 1.82) is 0 Å². The number of hydrogen-bond donors (Lipinski definition) is 1. The first-order chi connectivity index (χ1) is 8.44. The summed E-state index contributed by atoms with van der Waals surface area (Å²) in [6.45, 7) is 0. The molecule has 4 nitrogen and oxygen atoms in total. The lowest BCUT2D eigenvalue weighted by atomic mass is 10.1. The second kappa shape index (κ2) is 5.24. The lowest BCUT2D eigenvalue weighted by molar-refractivity contribution is 0.229. The van der Waals surface area contributed by atoms with Gasteiger partial charge in [0.1, 0.15) is 11.9 Å². The first-order valence-electron chi connectivity index (χ1n) is 5.69. The molecule has 1 saturated heterocycles. The van der Waals surface area contributed by atoms with Gasteiger partial charge in [-0.05, 0) is 24.1 Å². The number of ether oxygens (including phenoxy) is 1. The Bertz CT molecular complexity index is 537. The van der Waals surface area contributed by atoms with E-state index in [2.05, 4.69) is 0 Å². The molecule has 0 saturated carbocycles. The molecule has 18 heavy (non-hydrogen) atoms. The van der Waals surface area contributed by atoms with Gasteiger partial charge in [0.15, 0.2) is 9.84 Å². The molecule has 1 fully saturated rings. The van der Waals surface area contributed by atoms with Crippen LogP contribution in [-0.2, 0) is 16.3 Å². The molecule has 0 bridgehead atoms. The Hall–Kier alpha value is -1.14. The first-order valence-corrected chi connectivity index (χ1v) is 7.92. The van der Waals surface area contributed by atoms with E-state index in [9.17, 15) is 8.42 Å². The summed E-state index contributed by atoms with van der Waals surface area (Å²) in [4.78, 5) is 0.450. The Morgan fingerprint density at radius 1 is 1.39 bits per heavy atom. The molecule has 2 N–H and O–H groups in total. The summed E-state index contributed by atoms with van der Waals surface area (Å²) >= 11 is 4.83. The van der Waals surface area contributed by atoms with Crippen LogP contribution in [0.2, 0.25) is 0 Å². The van der Waals surface area contributed by atoms with Crippen molar-refractivity contribution in [2.75, 3.05) is 11.5 Å². The van der Waals surface area contributed by atoms with Gasteiger partial charge in [-0.2, -0.15) is 0 Å². The Balaban J connectivity index is 1.97. The summed E-state index contributed by atoms with van der Waals surface area (Å²) in [7, 11) is -2.90. The topological polar surface area (TPSA) is 69.4 Å². The first kappa shape index (κ1) is 13.3. The van der Waals surface area contributed by atoms with Crippen molar-refractivity contribution in [2.45, 2.75) is 18.9 Å². The van der Waals surface area contributed by atoms with Crippen molar-refractivity contribution >= 4 is 27.0 Å². The molecular weight excluding hydrogens is 270 g/mol. The molecule has 2 rings (SSSR count). The maximum absolute atomic E-state index is 11.3. The predicted molar refractivity (Wildman–Crippen MR) is 74.6 cm³/mol. The average Bonchev–Trinajstić information content (AvgIpc) is 2.60. The van der Waals surface area contributed by atoms with Crippen LogP contribution < -0.4 is 10.5 Å². The normalized spacial score (nSPS) is 21.7. The molecule has 1 unspecified atom stereocenters. The largest absolute Gasteiger partial charge is 0.489 e. The van der Waals surface area contributed by atoms with Crippen molar-refractivity contribution in [1.82, 2.24) is 0 Å². The summed E-state index contributed by atoms with van der Waals surface area (Å²) in [6.07, 6.45) is 0.904. The molecule has 0 spiro atoms. The summed E-state index contributed by atoms with van der Waals surface area (Å²) in [6, 6.07) is 7.41. The van der Waals surface area contributed by atoms with Crippen molar-refractivity contribution < 1.29 is 13.2 Å². The minimum atomic E-state index is -2.90. The summed E-state index contributed by atoms with van der Waals surface area (Å²) in [5.74, 6) is 1.02. The SMILES string of the molecule is NC(=S)Cc1ccc(OC2CCS(=O)(=O)C2)cc1. The summed E-state index contributed by atoms with van der Waals surface area (Å²) in [5.41, 5.74) is 6.48. The maximum atomic E-state index is 11.3. The van der Waals surface area contributed by atoms with E-state index in [4.69, 9.17) is 22.7 Å². The van der Waals surface area contributed by atoms with E-state index in [1.54, 1.807) is 0 Å². The van der Waals surface area contributed by atoms with E-state index >= 15 is 0 Å². The van der Waals surface area contributed by atoms with E-state index in [1.165, 1.54) is 0 Å². The standard InChI is InChI=1S/C12H15NO3S2/c13-12(17)7-9-1-3-10(4-2-9)16-11-5-6-18(14,15)8-11/h1-4,11H,5-8H2,(H2,13,17). The van der Waals surface area contributed by atoms with Crippen LogP contribution in [0.4, 0.5) is 0 Å². The van der Waals surface area contributed by atoms with Gasteiger partial charge >= 0.3 is 0 Å². The lowest BCUT2D eigenvalue weighted by Crippen LogP contribution is -2.17. The quantitative estimate of drug-likeness (QED) is 0.838. The molecule has 98 valence electrons. The van der Waals surface area contributed by atoms with Crippen LogP contribution in [0.15, 0.2) is 24.3 Å². The third-order valence-electron chi connectivity index (χ3n) is 2.80. The summed E-state index contributed by atoms with van der Waals surface area (Å²) < 4.78 is 28.2. The van der Waals surface area contributed by atoms with Gasteiger partial charge in [-0.15, -0.1) is 0 Å². The smallest absolute Gasteiger partial charge is 0.154 e. The molecule has 0 radical (unpaired) electrons. The van der Waals surface area contributed by atoms with Crippen LogP contribution in [0, 0.1) is 0 Å². The van der Waals surface area contributed by atoms with Gasteiger partial charge in [-0.1, -0.05) is 24.4 Å². The second-order valence-electron chi connectivity index (χ2n) is 4.43. The molecule has 0 aliphatic carbocycles. The number of sulfone groups is 1. The molecule has 0 aromatic heterocycles. The van der Waals surface area contributed by atoms with Crippen molar-refractivity contribution in [3.63, 3.8) is 0 Å². The fraction of sp³-hybridized carbons (Fsp3) is 0.417. The number of rotatable bonds is 4. The van der Waals surface area contributed by atoms with Gasteiger partial charge in [-0.25, -0.2) is 8.42 Å². The Morgan fingerprint density at radius 2 is 2.06 bits per heavy atom. The van der Waals surface area contributed by atoms with E-state index in [1.807, 2.05) is 24.3 Å². The van der Waals surface area contributed by atoms with Crippen molar-refractivity contribution in [3.8, 4) is 5.75 Å². The third-order valence-corrected chi connectivity index (χ3v) is 4.68. The molecule has 1 aromatic rings. The fourth-order valence-corrected chi connectivity index (χ4v) is 3.69. The monoisotopic (exact) mass is 285 g/mol. The lowest BCUT2D eigenvalue weighted by Gasteiger charge is -2.12. The fourth-order valence-electron chi connectivity index (χ4n) is 1.93. The minimum absolute atomic E-state index is 0.113. The van der Waals surface area contributed by atoms with Gasteiger partial charge in [0.05, 0.1) is 16.5 Å². The molecule has 1 aliphatic rings. The summed E-state index contributed by atoms with van der Waals surface area (Å²) in [5, 5.41) is 0. The highest BCUT2D eigenvalue weighted by Gasteiger charge is 2.29. The predicted octanol–water partition coefficient (Wildman–Crippen LogP) is 1.08. The van der Waals surface area contributed by atoms with Crippen LogP contribution in [-0.4, -0.2) is 31.0 Å². The second-order valence-corrected chi connectivity index (χ2v) is 7.18. The maximum Gasteiger partial charge on any atom is 0.154 e. The van der Waals surface area contributed by atoms with E-state index < -0.39 is 9.84 Å². The highest BCUT2D eigenvalue weighted by molar-refractivity contribution is 7.91. The van der Waals surface area contributed by atoms with Crippen LogP contribution in [0.3, 0.4) is 0 Å². The molecule has 1 atom stereocenters. The Labute approximate surface area is 112 Å². The van der Waals surface area contributed by atoms with Crippen molar-refractivity contribution in [3.05, 3.63) is 29.8 Å². The Kier molecular flexibility index (Phi) is 3.87. The third kappa shape index (κ3) is 3.68. The minimum Gasteiger partial charge on any atom is -0.489 e. The van der Waals surface area contributed by atoms with Gasteiger partial charge in [0, 0.05) is 6.42 Å². The zero-order valence-corrected chi connectivity index (χ0v) is 11.5. The molecule has 6 heteroatoms. The van der Waals surface area contributed by atoms with Crippen LogP contribution in [0.25, 0.3) is 0 Å². The van der Waals surface area contributed by atoms with Crippen LogP contribution >= 0.6 is 12.2 Å². The number of hydrogen-bond acceptors (Lipinski definition) is 4. The van der Waals surface area contributed by atoms with Gasteiger partial charge in [0.2, 0.25) is 0 Å². The molecule has 1 heterocycles. The number of nitrogens with two attached hydrogens (primary N) is 1. The van der Waals surface area contributed by atoms with Gasteiger partial charge in [0.25, 0.3) is 0 Å². The van der Waals surface area contributed by atoms with Gasteiger partial charge in [-0.3, -0.25) is 0 Å². The van der Waals surface area contributed by atoms with Gasteiger partial charge < -0.3 is 10.5 Å². The van der Waals surface area contributed by atoms with Crippen LogP contribution in [0.1, 0.15) is 12.0 Å². The Morgan fingerprint density at radius 3 is 2.56 bits per heavy atom. The molecule has 1 aromatic carbocycles. The van der Waals surface area contributed by atoms with E-state index in [-0.39, 0.29) is 17.6 Å². The highest BCUT2D eigenvalue weighted by Crippen LogP contribution is 2.20.